The summed E-state index contributed by atoms with van der Waals surface area (Å²) in [5.74, 6) is -2.19. The van der Waals surface area contributed by atoms with E-state index in [-0.39, 0.29) is 6.61 Å². The fraction of sp³-hybridized carbons (Fsp3) is 0.786. The van der Waals surface area contributed by atoms with Crippen molar-refractivity contribution in [3.05, 3.63) is 0 Å². The Morgan fingerprint density at radius 2 is 2.00 bits per heavy atom. The Bertz CT molecular complexity index is 393. The number of carboxylic acid groups (broad SMARTS) is 1. The Hall–Kier alpha value is -1.63. The first-order valence-corrected chi connectivity index (χ1v) is 7.39. The molecule has 1 saturated carbocycles. The molecule has 120 valence electrons. The molecule has 1 fully saturated rings. The van der Waals surface area contributed by atoms with E-state index in [0.29, 0.717) is 38.6 Å². The summed E-state index contributed by atoms with van der Waals surface area (Å²) >= 11 is 0. The Morgan fingerprint density at radius 3 is 2.43 bits per heavy atom. The molecule has 7 heteroatoms. The molecule has 0 unspecified atom stereocenters. The van der Waals surface area contributed by atoms with E-state index in [2.05, 4.69) is 5.32 Å². The van der Waals surface area contributed by atoms with Crippen molar-refractivity contribution in [1.82, 2.24) is 5.32 Å². The molecule has 0 aromatic carbocycles. The van der Waals surface area contributed by atoms with Gasteiger partial charge >= 0.3 is 11.9 Å². The highest BCUT2D eigenvalue weighted by Crippen LogP contribution is 2.42. The smallest absolute Gasteiger partial charge is 0.326 e. The molecule has 0 radical (unpaired) electrons. The van der Waals surface area contributed by atoms with E-state index >= 15 is 0 Å². The van der Waals surface area contributed by atoms with Crippen LogP contribution in [0.25, 0.3) is 0 Å². The van der Waals surface area contributed by atoms with Crippen LogP contribution < -0.4 is 11.1 Å². The van der Waals surface area contributed by atoms with Gasteiger partial charge < -0.3 is 20.9 Å². The summed E-state index contributed by atoms with van der Waals surface area (Å²) in [6.45, 7) is 2.36. The molecule has 7 nitrogen and oxygen atoms in total. The van der Waals surface area contributed by atoms with E-state index in [4.69, 9.17) is 15.6 Å². The number of unbranched alkanes of at least 4 members (excludes halogenated alkanes) is 1. The number of hydrogen-bond donors (Lipinski definition) is 3. The molecule has 0 spiro atoms. The van der Waals surface area contributed by atoms with Crippen LogP contribution in [0.4, 0.5) is 0 Å². The first kappa shape index (κ1) is 17.4. The SMILES string of the molecule is CCOC(=O)C1(C(=O)N[C@@H](CCCCN)C(=O)O)CCC1. The number of nitrogens with two attached hydrogens (primary N) is 1. The van der Waals surface area contributed by atoms with Crippen LogP contribution in [0.15, 0.2) is 0 Å². The highest BCUT2D eigenvalue weighted by atomic mass is 16.5. The normalized spacial score (nSPS) is 17.4. The summed E-state index contributed by atoms with van der Waals surface area (Å²) in [5.41, 5.74) is 4.17. The first-order chi connectivity index (χ1) is 9.97. The maximum absolute atomic E-state index is 12.3. The molecule has 1 amide bonds. The number of carboxylic acids is 1. The predicted molar refractivity (Wildman–Crippen MR) is 75.4 cm³/mol. The van der Waals surface area contributed by atoms with Crippen molar-refractivity contribution in [2.24, 2.45) is 11.1 Å². The topological polar surface area (TPSA) is 119 Å². The van der Waals surface area contributed by atoms with Crippen LogP contribution in [0.5, 0.6) is 0 Å². The molecule has 0 heterocycles. The maximum atomic E-state index is 12.3. The average molecular weight is 300 g/mol. The Balaban J connectivity index is 2.66. The van der Waals surface area contributed by atoms with Crippen molar-refractivity contribution in [3.63, 3.8) is 0 Å². The summed E-state index contributed by atoms with van der Waals surface area (Å²) in [6, 6.07) is -0.990. The lowest BCUT2D eigenvalue weighted by Crippen LogP contribution is -2.55. The quantitative estimate of drug-likeness (QED) is 0.322. The minimum atomic E-state index is -1.20. The Kier molecular flexibility index (Phi) is 6.61. The zero-order valence-corrected chi connectivity index (χ0v) is 12.4. The standard InChI is InChI=1S/C14H24N2O5/c1-2-21-13(20)14(7-5-8-14)12(19)16-10(11(17)18)6-3-4-9-15/h10H,2-9,15H2,1H3,(H,16,19)(H,17,18)/t10-/m0/s1. The van der Waals surface area contributed by atoms with Crippen LogP contribution in [0.3, 0.4) is 0 Å². The summed E-state index contributed by atoms with van der Waals surface area (Å²) < 4.78 is 4.95. The number of carbonyl (C=O) groups excluding carboxylic acids is 2. The largest absolute Gasteiger partial charge is 0.480 e. The second kappa shape index (κ2) is 7.97. The lowest BCUT2D eigenvalue weighted by molar-refractivity contribution is -0.168. The number of ether oxygens (including phenoxy) is 1. The van der Waals surface area contributed by atoms with Gasteiger partial charge in [-0.05, 0) is 45.6 Å². The second-order valence-electron chi connectivity index (χ2n) is 5.30. The fourth-order valence-corrected chi connectivity index (χ4v) is 2.37. The number of rotatable bonds is 9. The average Bonchev–Trinajstić information content (AvgIpc) is 2.36. The van der Waals surface area contributed by atoms with Crippen molar-refractivity contribution in [2.45, 2.75) is 51.5 Å². The van der Waals surface area contributed by atoms with Crippen molar-refractivity contribution in [3.8, 4) is 0 Å². The molecule has 0 bridgehead atoms. The molecule has 4 N–H and O–H groups in total. The number of hydrogen-bond acceptors (Lipinski definition) is 5. The third-order valence-electron chi connectivity index (χ3n) is 3.86. The lowest BCUT2D eigenvalue weighted by Gasteiger charge is -2.38. The van der Waals surface area contributed by atoms with Crippen LogP contribution in [-0.4, -0.2) is 42.1 Å². The molecule has 0 saturated heterocycles. The van der Waals surface area contributed by atoms with E-state index in [9.17, 15) is 14.4 Å². The molecule has 1 aliphatic carbocycles. The summed E-state index contributed by atoms with van der Waals surface area (Å²) in [6.07, 6.45) is 3.19. The summed E-state index contributed by atoms with van der Waals surface area (Å²) in [5, 5.41) is 11.6. The highest BCUT2D eigenvalue weighted by Gasteiger charge is 2.52. The minimum Gasteiger partial charge on any atom is -0.480 e. The summed E-state index contributed by atoms with van der Waals surface area (Å²) in [4.78, 5) is 35.5. The predicted octanol–water partition coefficient (Wildman–Crippen LogP) is 0.418. The van der Waals surface area contributed by atoms with Gasteiger partial charge in [0.25, 0.3) is 0 Å². The Morgan fingerprint density at radius 1 is 1.33 bits per heavy atom. The van der Waals surface area contributed by atoms with E-state index < -0.39 is 29.3 Å². The van der Waals surface area contributed by atoms with Crippen LogP contribution in [0, 0.1) is 5.41 Å². The molecular weight excluding hydrogens is 276 g/mol. The van der Waals surface area contributed by atoms with Gasteiger partial charge in [-0.1, -0.05) is 6.42 Å². The molecule has 0 aliphatic heterocycles. The van der Waals surface area contributed by atoms with E-state index in [0.717, 1.165) is 6.42 Å². The first-order valence-electron chi connectivity index (χ1n) is 7.39. The molecule has 1 aliphatic rings. The van der Waals surface area contributed by atoms with Gasteiger partial charge in [0, 0.05) is 0 Å². The van der Waals surface area contributed by atoms with Crippen LogP contribution in [0.2, 0.25) is 0 Å². The van der Waals surface area contributed by atoms with E-state index in [1.54, 1.807) is 6.92 Å². The van der Waals surface area contributed by atoms with Gasteiger partial charge in [0.2, 0.25) is 5.91 Å². The molecule has 0 aromatic rings. The van der Waals surface area contributed by atoms with Gasteiger partial charge in [0.1, 0.15) is 11.5 Å². The van der Waals surface area contributed by atoms with Gasteiger partial charge in [0.05, 0.1) is 6.61 Å². The lowest BCUT2D eigenvalue weighted by atomic mass is 9.68. The van der Waals surface area contributed by atoms with Gasteiger partial charge in [-0.25, -0.2) is 4.79 Å². The summed E-state index contributed by atoms with van der Waals surface area (Å²) in [7, 11) is 0. The minimum absolute atomic E-state index is 0.201. The third-order valence-corrected chi connectivity index (χ3v) is 3.86. The molecular formula is C14H24N2O5. The van der Waals surface area contributed by atoms with Crippen LogP contribution in [0.1, 0.15) is 45.4 Å². The van der Waals surface area contributed by atoms with Gasteiger partial charge in [-0.15, -0.1) is 0 Å². The number of esters is 1. The fourth-order valence-electron chi connectivity index (χ4n) is 2.37. The third kappa shape index (κ3) is 4.17. The van der Waals surface area contributed by atoms with Crippen molar-refractivity contribution < 1.29 is 24.2 Å². The number of nitrogens with one attached hydrogen (secondary N) is 1. The zero-order valence-electron chi connectivity index (χ0n) is 12.4. The van der Waals surface area contributed by atoms with Crippen molar-refractivity contribution in [1.29, 1.82) is 0 Å². The van der Waals surface area contributed by atoms with Gasteiger partial charge in [-0.2, -0.15) is 0 Å². The van der Waals surface area contributed by atoms with E-state index in [1.807, 2.05) is 0 Å². The monoisotopic (exact) mass is 300 g/mol. The van der Waals surface area contributed by atoms with Crippen molar-refractivity contribution in [2.75, 3.05) is 13.2 Å². The zero-order chi connectivity index (χ0) is 15.9. The number of amides is 1. The van der Waals surface area contributed by atoms with E-state index in [1.165, 1.54) is 0 Å². The van der Waals surface area contributed by atoms with Crippen molar-refractivity contribution >= 4 is 17.8 Å². The number of aliphatic carboxylic acids is 1. The van der Waals surface area contributed by atoms with Gasteiger partial charge in [-0.3, -0.25) is 9.59 Å². The number of carbonyl (C=O) groups is 3. The van der Waals surface area contributed by atoms with Gasteiger partial charge in [0.15, 0.2) is 0 Å². The molecule has 21 heavy (non-hydrogen) atoms. The van der Waals surface area contributed by atoms with Crippen LogP contribution >= 0.6 is 0 Å². The molecule has 1 rings (SSSR count). The van der Waals surface area contributed by atoms with Crippen LogP contribution in [-0.2, 0) is 19.1 Å². The maximum Gasteiger partial charge on any atom is 0.326 e. The second-order valence-corrected chi connectivity index (χ2v) is 5.30. The molecule has 1 atom stereocenters. The highest BCUT2D eigenvalue weighted by molar-refractivity contribution is 6.04. The molecule has 0 aromatic heterocycles. The Labute approximate surface area is 124 Å².